The van der Waals surface area contributed by atoms with Crippen molar-refractivity contribution in [1.29, 1.82) is 0 Å². The standard InChI is InChI=1S/C17H19FN4O5S.C8H10.C7H7ClO.C4H11N/c1-28(26)20-9-15(24)22-6-2-3-12(22)16(25)19-8-13(23)17-21-11-7-10(18)4-5-14(11)27-17;1-2-8-6-4-3-5-7-8;8-7-3-1-6(5-9)2-4-7;1-2-3-4-5/h4-5,7,12,20H,2-3,6,8-9H2,1H3,(H,19,25);3-7H,2H2,1H3;1-4,9H,5H2;2-5H2,1H3. The van der Waals surface area contributed by atoms with E-state index in [0.717, 1.165) is 24.6 Å². The number of Topliss-reactive ketones (excluding diaryl/α,β-unsaturated/α-hetero) is 1. The number of nitrogens with zero attached hydrogens (tertiary/aromatic N) is 2. The van der Waals surface area contributed by atoms with Crippen molar-refractivity contribution in [3.63, 3.8) is 0 Å². The molecule has 50 heavy (non-hydrogen) atoms. The fourth-order valence-electron chi connectivity index (χ4n) is 4.49. The minimum atomic E-state index is -1.33. The van der Waals surface area contributed by atoms with Crippen LogP contribution in [0.3, 0.4) is 0 Å². The van der Waals surface area contributed by atoms with Crippen molar-refractivity contribution in [3.05, 3.63) is 101 Å². The maximum Gasteiger partial charge on any atom is 0.266 e. The van der Waals surface area contributed by atoms with Gasteiger partial charge in [0.15, 0.2) is 5.58 Å². The summed E-state index contributed by atoms with van der Waals surface area (Å²) < 4.78 is 32.0. The third kappa shape index (κ3) is 15.3. The average Bonchev–Trinajstić information content (AvgIpc) is 3.79. The molecule has 1 aromatic heterocycles. The van der Waals surface area contributed by atoms with E-state index in [1.807, 2.05) is 6.07 Å². The number of rotatable bonds is 11. The Hall–Kier alpha value is -4.01. The Bertz CT molecular complexity index is 1640. The van der Waals surface area contributed by atoms with Crippen molar-refractivity contribution in [1.82, 2.24) is 19.9 Å². The maximum atomic E-state index is 13.2. The van der Waals surface area contributed by atoms with Crippen LogP contribution in [0.4, 0.5) is 4.39 Å². The number of likely N-dealkylation sites (tertiary alicyclic amines) is 1. The Balaban J connectivity index is 0.000000317. The SMILES string of the molecule is CCCCN.CCc1ccccc1.CS(=O)NCC(=O)N1CCCC1C(=O)NCC(=O)c1nc2cc(F)ccc2o1.OCc1ccc(Cl)cc1. The van der Waals surface area contributed by atoms with E-state index in [2.05, 4.69) is 53.1 Å². The molecule has 14 heteroatoms. The molecule has 0 saturated carbocycles. The molecule has 0 spiro atoms. The van der Waals surface area contributed by atoms with E-state index in [1.54, 1.807) is 24.3 Å². The van der Waals surface area contributed by atoms with E-state index >= 15 is 0 Å². The van der Waals surface area contributed by atoms with Crippen molar-refractivity contribution in [2.24, 2.45) is 5.73 Å². The molecule has 11 nitrogen and oxygen atoms in total. The number of halogens is 2. The first-order valence-corrected chi connectivity index (χ1v) is 18.3. The van der Waals surface area contributed by atoms with Gasteiger partial charge >= 0.3 is 0 Å². The summed E-state index contributed by atoms with van der Waals surface area (Å²) in [6.45, 7) is 5.14. The molecule has 5 rings (SSSR count). The van der Waals surface area contributed by atoms with Crippen molar-refractivity contribution in [2.45, 2.75) is 58.6 Å². The zero-order valence-corrected chi connectivity index (χ0v) is 30.3. The second-order valence-electron chi connectivity index (χ2n) is 11.1. The lowest BCUT2D eigenvalue weighted by atomic mass is 10.2. The van der Waals surface area contributed by atoms with Crippen LogP contribution in [0.2, 0.25) is 5.02 Å². The number of nitrogens with two attached hydrogens (primary N) is 1. The normalized spacial score (nSPS) is 13.9. The predicted molar refractivity (Wildman–Crippen MR) is 195 cm³/mol. The summed E-state index contributed by atoms with van der Waals surface area (Å²) in [6.07, 6.45) is 6.07. The second kappa shape index (κ2) is 23.4. The molecule has 1 aliphatic heterocycles. The van der Waals surface area contributed by atoms with Gasteiger partial charge in [-0.3, -0.25) is 14.4 Å². The molecule has 1 aliphatic rings. The monoisotopic (exact) mass is 731 g/mol. The number of oxazole rings is 1. The quantitative estimate of drug-likeness (QED) is 0.157. The number of amides is 2. The van der Waals surface area contributed by atoms with Gasteiger partial charge < -0.3 is 25.5 Å². The highest BCUT2D eigenvalue weighted by molar-refractivity contribution is 7.82. The molecule has 2 atom stereocenters. The first kappa shape index (κ1) is 42.2. The Kier molecular flexibility index (Phi) is 19.7. The second-order valence-corrected chi connectivity index (χ2v) is 12.7. The highest BCUT2D eigenvalue weighted by Crippen LogP contribution is 2.19. The number of benzene rings is 3. The van der Waals surface area contributed by atoms with Crippen LogP contribution in [0.15, 0.2) is 77.2 Å². The average molecular weight is 732 g/mol. The zero-order chi connectivity index (χ0) is 36.9. The predicted octanol–water partition coefficient (Wildman–Crippen LogP) is 4.97. The lowest BCUT2D eigenvalue weighted by molar-refractivity contribution is -0.137. The van der Waals surface area contributed by atoms with Crippen LogP contribution in [0.1, 0.15) is 61.3 Å². The number of fused-ring (bicyclic) bond motifs is 1. The minimum Gasteiger partial charge on any atom is -0.434 e. The summed E-state index contributed by atoms with van der Waals surface area (Å²) in [5.41, 5.74) is 7.92. The highest BCUT2D eigenvalue weighted by atomic mass is 35.5. The molecule has 272 valence electrons. The zero-order valence-electron chi connectivity index (χ0n) is 28.7. The molecule has 1 saturated heterocycles. The summed E-state index contributed by atoms with van der Waals surface area (Å²) in [7, 11) is -1.33. The summed E-state index contributed by atoms with van der Waals surface area (Å²) in [5.74, 6) is -2.08. The number of aliphatic hydroxyl groups excluding tert-OH is 1. The third-order valence-electron chi connectivity index (χ3n) is 7.22. The van der Waals surface area contributed by atoms with Crippen LogP contribution in [-0.2, 0) is 33.6 Å². The fraction of sp³-hybridized carbons (Fsp3) is 0.389. The summed E-state index contributed by atoms with van der Waals surface area (Å²) in [5, 5.41) is 11.8. The lowest BCUT2D eigenvalue weighted by Gasteiger charge is -2.23. The fourth-order valence-corrected chi connectivity index (χ4v) is 4.94. The maximum absolute atomic E-state index is 13.2. The third-order valence-corrected chi connectivity index (χ3v) is 8.02. The first-order chi connectivity index (χ1) is 24.0. The van der Waals surface area contributed by atoms with Gasteiger partial charge in [-0.25, -0.2) is 18.3 Å². The van der Waals surface area contributed by atoms with Crippen LogP contribution in [-0.4, -0.2) is 75.3 Å². The number of hydrogen-bond acceptors (Lipinski definition) is 8. The number of nitrogens with one attached hydrogen (secondary N) is 2. The molecule has 2 amide bonds. The molecule has 2 heterocycles. The molecule has 3 aromatic carbocycles. The smallest absolute Gasteiger partial charge is 0.266 e. The van der Waals surface area contributed by atoms with Gasteiger partial charge in [0, 0.05) is 23.9 Å². The van der Waals surface area contributed by atoms with Crippen LogP contribution < -0.4 is 15.8 Å². The van der Waals surface area contributed by atoms with Gasteiger partial charge in [-0.2, -0.15) is 0 Å². The van der Waals surface area contributed by atoms with Crippen LogP contribution in [0, 0.1) is 5.82 Å². The summed E-state index contributed by atoms with van der Waals surface area (Å²) in [4.78, 5) is 42.1. The van der Waals surface area contributed by atoms with E-state index in [1.165, 1.54) is 41.7 Å². The molecule has 0 bridgehead atoms. The van der Waals surface area contributed by atoms with Gasteiger partial charge in [-0.1, -0.05) is 74.3 Å². The topological polar surface area (TPSA) is 168 Å². The first-order valence-electron chi connectivity index (χ1n) is 16.3. The van der Waals surface area contributed by atoms with Crippen molar-refractivity contribution < 1.29 is 32.5 Å². The lowest BCUT2D eigenvalue weighted by Crippen LogP contribution is -2.49. The number of hydrogen-bond donors (Lipinski definition) is 4. The number of ketones is 1. The van der Waals surface area contributed by atoms with Gasteiger partial charge in [0.2, 0.25) is 17.6 Å². The molecular formula is C36H47ClFN5O6S. The van der Waals surface area contributed by atoms with E-state index < -0.39 is 34.5 Å². The highest BCUT2D eigenvalue weighted by Gasteiger charge is 2.34. The Morgan fingerprint density at radius 2 is 1.76 bits per heavy atom. The molecular weight excluding hydrogens is 685 g/mol. The minimum absolute atomic E-state index is 0.0805. The largest absolute Gasteiger partial charge is 0.434 e. The van der Waals surface area contributed by atoms with Crippen LogP contribution >= 0.6 is 11.6 Å². The summed E-state index contributed by atoms with van der Waals surface area (Å²) >= 11 is 5.59. The molecule has 2 unspecified atom stereocenters. The van der Waals surface area contributed by atoms with Gasteiger partial charge in [0.05, 0.1) is 30.7 Å². The number of aliphatic hydroxyl groups is 1. The Morgan fingerprint density at radius 1 is 1.06 bits per heavy atom. The Morgan fingerprint density at radius 3 is 2.32 bits per heavy atom. The van der Waals surface area contributed by atoms with Crippen molar-refractivity contribution in [3.8, 4) is 0 Å². The van der Waals surface area contributed by atoms with Gasteiger partial charge in [0.1, 0.15) is 17.4 Å². The van der Waals surface area contributed by atoms with E-state index in [0.29, 0.717) is 24.4 Å². The van der Waals surface area contributed by atoms with Gasteiger partial charge in [0.25, 0.3) is 5.89 Å². The van der Waals surface area contributed by atoms with E-state index in [-0.39, 0.29) is 42.6 Å². The molecule has 1 fully saturated rings. The Labute approximate surface area is 300 Å². The van der Waals surface area contributed by atoms with Crippen molar-refractivity contribution >= 4 is 51.3 Å². The molecule has 5 N–H and O–H groups in total. The summed E-state index contributed by atoms with van der Waals surface area (Å²) in [6, 6.07) is 20.6. The van der Waals surface area contributed by atoms with Crippen LogP contribution in [0.25, 0.3) is 11.1 Å². The van der Waals surface area contributed by atoms with E-state index in [9.17, 15) is 23.0 Å². The number of carbonyl (C=O) groups excluding carboxylic acids is 3. The number of aryl methyl sites for hydroxylation is 1. The number of aromatic nitrogens is 1. The number of unbranched alkanes of at least 4 members (excludes halogenated alkanes) is 1. The number of carbonyl (C=O) groups is 3. The molecule has 4 aromatic rings. The van der Waals surface area contributed by atoms with Gasteiger partial charge in [-0.15, -0.1) is 0 Å². The molecule has 0 aliphatic carbocycles. The van der Waals surface area contributed by atoms with Crippen molar-refractivity contribution in [2.75, 3.05) is 32.4 Å². The van der Waals surface area contributed by atoms with E-state index in [4.69, 9.17) is 26.9 Å². The van der Waals surface area contributed by atoms with Crippen LogP contribution in [0.5, 0.6) is 0 Å². The van der Waals surface area contributed by atoms with Gasteiger partial charge in [-0.05, 0) is 67.6 Å². The molecule has 0 radical (unpaired) electrons.